The van der Waals surface area contributed by atoms with Gasteiger partial charge >= 0.3 is 0 Å². The number of halogens is 1. The van der Waals surface area contributed by atoms with E-state index in [0.717, 1.165) is 5.02 Å². The fraction of sp³-hybridized carbons (Fsp3) is 0.625. The zero-order valence-electron chi connectivity index (χ0n) is 11.4. The molecule has 1 N–H and O–H groups in total. The molecule has 0 amide bonds. The molecule has 2 saturated carbocycles. The molecular formula is C16H22ClNO. The number of ether oxygens (including phenoxy) is 1. The molecule has 2 aliphatic rings. The lowest BCUT2D eigenvalue weighted by molar-refractivity contribution is 0.0747. The molecule has 19 heavy (non-hydrogen) atoms. The van der Waals surface area contributed by atoms with Gasteiger partial charge in [0, 0.05) is 24.2 Å². The first kappa shape index (κ1) is 13.4. The van der Waals surface area contributed by atoms with E-state index in [-0.39, 0.29) is 0 Å². The minimum atomic E-state index is 0.421. The third-order valence-electron chi connectivity index (χ3n) is 4.66. The van der Waals surface area contributed by atoms with Crippen LogP contribution < -0.4 is 5.32 Å². The first-order valence-electron chi connectivity index (χ1n) is 7.30. The number of rotatable bonds is 4. The average Bonchev–Trinajstić information content (AvgIpc) is 2.80. The van der Waals surface area contributed by atoms with E-state index in [9.17, 15) is 0 Å². The molecule has 2 nitrogen and oxygen atoms in total. The van der Waals surface area contributed by atoms with Crippen molar-refractivity contribution in [2.45, 2.75) is 56.2 Å². The summed E-state index contributed by atoms with van der Waals surface area (Å²) < 4.78 is 5.54. The van der Waals surface area contributed by atoms with Gasteiger partial charge in [-0.3, -0.25) is 0 Å². The van der Waals surface area contributed by atoms with E-state index in [1.165, 1.54) is 37.7 Å². The maximum absolute atomic E-state index is 6.05. The summed E-state index contributed by atoms with van der Waals surface area (Å²) in [7, 11) is 1.83. The van der Waals surface area contributed by atoms with Crippen molar-refractivity contribution in [3.63, 3.8) is 0 Å². The first-order chi connectivity index (χ1) is 9.26. The molecule has 1 aromatic carbocycles. The van der Waals surface area contributed by atoms with Gasteiger partial charge in [-0.25, -0.2) is 0 Å². The van der Waals surface area contributed by atoms with Crippen molar-refractivity contribution >= 4 is 11.6 Å². The van der Waals surface area contributed by atoms with Gasteiger partial charge in [-0.1, -0.05) is 23.7 Å². The molecule has 3 rings (SSSR count). The van der Waals surface area contributed by atoms with Crippen molar-refractivity contribution in [2.75, 3.05) is 7.11 Å². The summed E-state index contributed by atoms with van der Waals surface area (Å²) in [6.45, 7) is 0. The molecule has 2 atom stereocenters. The number of methoxy groups -OCH3 is 1. The number of hydrogen-bond donors (Lipinski definition) is 1. The predicted octanol–water partition coefficient (Wildman–Crippen LogP) is 3.74. The molecule has 0 heterocycles. The molecule has 0 aromatic heterocycles. The predicted molar refractivity (Wildman–Crippen MR) is 78.8 cm³/mol. The van der Waals surface area contributed by atoms with E-state index in [2.05, 4.69) is 23.5 Å². The van der Waals surface area contributed by atoms with Crippen molar-refractivity contribution in [2.24, 2.45) is 0 Å². The van der Waals surface area contributed by atoms with Crippen molar-refractivity contribution in [1.82, 2.24) is 5.32 Å². The smallest absolute Gasteiger partial charge is 0.0724 e. The Morgan fingerprint density at radius 3 is 2.84 bits per heavy atom. The lowest BCUT2D eigenvalue weighted by Gasteiger charge is -2.39. The highest BCUT2D eigenvalue weighted by Gasteiger charge is 2.35. The van der Waals surface area contributed by atoms with Crippen LogP contribution in [0.5, 0.6) is 0 Å². The van der Waals surface area contributed by atoms with Crippen LogP contribution >= 0.6 is 11.6 Å². The highest BCUT2D eigenvalue weighted by atomic mass is 35.5. The van der Waals surface area contributed by atoms with Crippen LogP contribution in [-0.2, 0) is 4.74 Å². The minimum Gasteiger partial charge on any atom is -0.380 e. The largest absolute Gasteiger partial charge is 0.380 e. The van der Waals surface area contributed by atoms with Gasteiger partial charge in [0.15, 0.2) is 0 Å². The van der Waals surface area contributed by atoms with Crippen LogP contribution in [-0.4, -0.2) is 25.3 Å². The second-order valence-corrected chi connectivity index (χ2v) is 6.33. The fourth-order valence-corrected chi connectivity index (χ4v) is 3.69. The number of nitrogens with one attached hydrogen (secondary N) is 1. The topological polar surface area (TPSA) is 21.3 Å². The maximum atomic E-state index is 6.05. The molecular weight excluding hydrogens is 258 g/mol. The molecule has 0 aliphatic heterocycles. The summed E-state index contributed by atoms with van der Waals surface area (Å²) in [4.78, 5) is 0. The second-order valence-electron chi connectivity index (χ2n) is 5.90. The van der Waals surface area contributed by atoms with Crippen LogP contribution in [0, 0.1) is 0 Å². The molecule has 0 spiro atoms. The van der Waals surface area contributed by atoms with Gasteiger partial charge in [0.05, 0.1) is 6.10 Å². The Balaban J connectivity index is 1.50. The quantitative estimate of drug-likeness (QED) is 0.906. The van der Waals surface area contributed by atoms with E-state index >= 15 is 0 Å². The van der Waals surface area contributed by atoms with Crippen LogP contribution in [0.15, 0.2) is 24.3 Å². The lowest BCUT2D eigenvalue weighted by atomic mass is 9.75. The average molecular weight is 280 g/mol. The standard InChI is InChI=1S/C16H22ClNO/c1-19-16-7-3-6-15(16)18-14-9-12(10-14)11-4-2-5-13(17)8-11/h2,4-5,8,12,14-16,18H,3,6-7,9-10H2,1H3. The van der Waals surface area contributed by atoms with E-state index in [1.54, 1.807) is 0 Å². The summed E-state index contributed by atoms with van der Waals surface area (Å²) in [5, 5.41) is 4.62. The molecule has 2 aliphatic carbocycles. The Labute approximate surface area is 120 Å². The highest BCUT2D eigenvalue weighted by molar-refractivity contribution is 6.30. The molecule has 2 fully saturated rings. The minimum absolute atomic E-state index is 0.421. The van der Waals surface area contributed by atoms with Crippen LogP contribution in [0.1, 0.15) is 43.6 Å². The molecule has 3 heteroatoms. The van der Waals surface area contributed by atoms with Crippen molar-refractivity contribution in [1.29, 1.82) is 0 Å². The zero-order valence-corrected chi connectivity index (χ0v) is 12.2. The van der Waals surface area contributed by atoms with Crippen LogP contribution in [0.2, 0.25) is 5.02 Å². The third-order valence-corrected chi connectivity index (χ3v) is 4.90. The summed E-state index contributed by atoms with van der Waals surface area (Å²) in [6.07, 6.45) is 6.64. The molecule has 2 unspecified atom stereocenters. The van der Waals surface area contributed by atoms with Crippen molar-refractivity contribution < 1.29 is 4.74 Å². The van der Waals surface area contributed by atoms with Gasteiger partial charge in [-0.2, -0.15) is 0 Å². The Morgan fingerprint density at radius 1 is 1.26 bits per heavy atom. The van der Waals surface area contributed by atoms with Crippen LogP contribution in [0.3, 0.4) is 0 Å². The highest BCUT2D eigenvalue weighted by Crippen LogP contribution is 2.38. The lowest BCUT2D eigenvalue weighted by Crippen LogP contribution is -2.48. The molecule has 104 valence electrons. The Kier molecular flexibility index (Phi) is 4.11. The molecule has 0 saturated heterocycles. The van der Waals surface area contributed by atoms with Gasteiger partial charge in [0.2, 0.25) is 0 Å². The number of hydrogen-bond acceptors (Lipinski definition) is 2. The van der Waals surface area contributed by atoms with Gasteiger partial charge < -0.3 is 10.1 Å². The van der Waals surface area contributed by atoms with Crippen molar-refractivity contribution in [3.05, 3.63) is 34.9 Å². The Bertz CT molecular complexity index is 431. The molecule has 1 aromatic rings. The summed E-state index contributed by atoms with van der Waals surface area (Å²) >= 11 is 6.05. The van der Waals surface area contributed by atoms with Crippen LogP contribution in [0.4, 0.5) is 0 Å². The van der Waals surface area contributed by atoms with E-state index in [0.29, 0.717) is 24.1 Å². The van der Waals surface area contributed by atoms with Gasteiger partial charge in [0.1, 0.15) is 0 Å². The normalized spacial score (nSPS) is 34.2. The Morgan fingerprint density at radius 2 is 2.11 bits per heavy atom. The zero-order chi connectivity index (χ0) is 13.2. The first-order valence-corrected chi connectivity index (χ1v) is 7.68. The SMILES string of the molecule is COC1CCCC1NC1CC(c2cccc(Cl)c2)C1. The summed E-state index contributed by atoms with van der Waals surface area (Å²) in [5.41, 5.74) is 1.39. The Hall–Kier alpha value is -0.570. The summed E-state index contributed by atoms with van der Waals surface area (Å²) in [6, 6.07) is 9.52. The van der Waals surface area contributed by atoms with Gasteiger partial charge in [-0.05, 0) is 55.7 Å². The van der Waals surface area contributed by atoms with Crippen molar-refractivity contribution in [3.8, 4) is 0 Å². The monoisotopic (exact) mass is 279 g/mol. The van der Waals surface area contributed by atoms with Gasteiger partial charge in [0.25, 0.3) is 0 Å². The second kappa shape index (κ2) is 5.82. The third kappa shape index (κ3) is 2.96. The van der Waals surface area contributed by atoms with Crippen LogP contribution in [0.25, 0.3) is 0 Å². The fourth-order valence-electron chi connectivity index (χ4n) is 3.49. The van der Waals surface area contributed by atoms with Gasteiger partial charge in [-0.15, -0.1) is 0 Å². The van der Waals surface area contributed by atoms with E-state index < -0.39 is 0 Å². The summed E-state index contributed by atoms with van der Waals surface area (Å²) in [5.74, 6) is 0.679. The van der Waals surface area contributed by atoms with E-state index in [4.69, 9.17) is 16.3 Å². The maximum Gasteiger partial charge on any atom is 0.0724 e. The molecule has 0 radical (unpaired) electrons. The van der Waals surface area contributed by atoms with E-state index in [1.807, 2.05) is 13.2 Å². The molecule has 0 bridgehead atoms. The number of benzene rings is 1.